The first-order valence-corrected chi connectivity index (χ1v) is 7.02. The third-order valence-electron chi connectivity index (χ3n) is 3.54. The van der Waals surface area contributed by atoms with Gasteiger partial charge in [-0.1, -0.05) is 18.2 Å². The molecule has 1 aliphatic rings. The largest absolute Gasteiger partial charge is 0.353 e. The van der Waals surface area contributed by atoms with Crippen molar-refractivity contribution >= 4 is 17.2 Å². The van der Waals surface area contributed by atoms with Crippen molar-refractivity contribution < 1.29 is 14.3 Å². The lowest BCUT2D eigenvalue weighted by atomic mass is 10.2. The van der Waals surface area contributed by atoms with Gasteiger partial charge in [-0.25, -0.2) is 0 Å². The normalized spacial score (nSPS) is 19.3. The predicted molar refractivity (Wildman–Crippen MR) is 74.7 cm³/mol. The molecule has 20 heavy (non-hydrogen) atoms. The Kier molecular flexibility index (Phi) is 4.08. The fourth-order valence-electron chi connectivity index (χ4n) is 2.52. The Morgan fingerprint density at radius 2 is 2.30 bits per heavy atom. The maximum absolute atomic E-state index is 11.0. The van der Waals surface area contributed by atoms with Crippen LogP contribution in [0.2, 0.25) is 0 Å². The lowest BCUT2D eigenvalue weighted by Gasteiger charge is -2.22. The predicted octanol–water partition coefficient (Wildman–Crippen LogP) is 2.39. The Hall–Kier alpha value is -1.72. The molecule has 1 aromatic carbocycles. The van der Waals surface area contributed by atoms with Crippen molar-refractivity contribution in [1.82, 2.24) is 9.78 Å². The maximum atomic E-state index is 11.0. The van der Waals surface area contributed by atoms with Crippen LogP contribution in [0.5, 0.6) is 0 Å². The Balaban J connectivity index is 1.66. The summed E-state index contributed by atoms with van der Waals surface area (Å²) in [5, 5.41) is 5.20. The van der Waals surface area contributed by atoms with E-state index in [-0.39, 0.29) is 6.29 Å². The molecular formula is C15H18N2O3. The molecule has 0 bridgehead atoms. The average Bonchev–Trinajstić information content (AvgIpc) is 2.87. The molecular weight excluding hydrogens is 256 g/mol. The van der Waals surface area contributed by atoms with Crippen LogP contribution in [-0.2, 0) is 16.0 Å². The van der Waals surface area contributed by atoms with Crippen LogP contribution >= 0.6 is 0 Å². The van der Waals surface area contributed by atoms with Crippen LogP contribution in [0.4, 0.5) is 0 Å². The van der Waals surface area contributed by atoms with E-state index in [2.05, 4.69) is 5.10 Å². The lowest BCUT2D eigenvalue weighted by molar-refractivity contribution is -0.163. The van der Waals surface area contributed by atoms with Gasteiger partial charge < -0.3 is 9.47 Å². The maximum Gasteiger partial charge on any atom is 0.170 e. The van der Waals surface area contributed by atoms with Crippen molar-refractivity contribution in [3.05, 3.63) is 30.0 Å². The minimum atomic E-state index is -0.0869. The van der Waals surface area contributed by atoms with Gasteiger partial charge in [0.25, 0.3) is 0 Å². The van der Waals surface area contributed by atoms with E-state index in [9.17, 15) is 4.79 Å². The van der Waals surface area contributed by atoms with E-state index in [1.807, 2.05) is 28.9 Å². The average molecular weight is 274 g/mol. The summed E-state index contributed by atoms with van der Waals surface area (Å²) < 4.78 is 13.1. The molecule has 2 heterocycles. The van der Waals surface area contributed by atoms with Gasteiger partial charge >= 0.3 is 0 Å². The first kappa shape index (κ1) is 13.3. The number of carbonyl (C=O) groups excluding carboxylic acids is 1. The minimum Gasteiger partial charge on any atom is -0.353 e. The molecule has 0 aliphatic carbocycles. The van der Waals surface area contributed by atoms with E-state index >= 15 is 0 Å². The molecule has 2 aromatic rings. The molecule has 3 rings (SSSR count). The summed E-state index contributed by atoms with van der Waals surface area (Å²) in [5.74, 6) is 0. The van der Waals surface area contributed by atoms with Gasteiger partial charge in [0.2, 0.25) is 0 Å². The first-order valence-electron chi connectivity index (χ1n) is 7.02. The highest BCUT2D eigenvalue weighted by Crippen LogP contribution is 2.17. The number of benzene rings is 1. The molecule has 0 radical (unpaired) electrons. The molecule has 0 saturated carbocycles. The molecule has 0 N–H and O–H groups in total. The van der Waals surface area contributed by atoms with E-state index in [1.165, 1.54) is 0 Å². The number of aldehydes is 1. The van der Waals surface area contributed by atoms with Gasteiger partial charge in [-0.05, 0) is 25.3 Å². The number of fused-ring (bicyclic) bond motifs is 1. The highest BCUT2D eigenvalue weighted by molar-refractivity contribution is 5.95. The summed E-state index contributed by atoms with van der Waals surface area (Å²) in [5.41, 5.74) is 1.44. The molecule has 5 heteroatoms. The molecule has 1 unspecified atom stereocenters. The summed E-state index contributed by atoms with van der Waals surface area (Å²) in [4.78, 5) is 11.0. The number of ether oxygens (including phenoxy) is 2. The Labute approximate surface area is 117 Å². The van der Waals surface area contributed by atoms with Gasteiger partial charge in [0, 0.05) is 12.0 Å². The highest BCUT2D eigenvalue weighted by Gasteiger charge is 2.14. The summed E-state index contributed by atoms with van der Waals surface area (Å²) in [6.07, 6.45) is 3.94. The van der Waals surface area contributed by atoms with Crippen molar-refractivity contribution in [3.63, 3.8) is 0 Å². The second-order valence-electron chi connectivity index (χ2n) is 4.91. The van der Waals surface area contributed by atoms with E-state index in [1.54, 1.807) is 0 Å². The third-order valence-corrected chi connectivity index (χ3v) is 3.54. The fraction of sp³-hybridized carbons (Fsp3) is 0.467. The minimum absolute atomic E-state index is 0.0869. The zero-order valence-electron chi connectivity index (χ0n) is 11.3. The van der Waals surface area contributed by atoms with E-state index in [4.69, 9.17) is 9.47 Å². The molecule has 0 spiro atoms. The summed E-state index contributed by atoms with van der Waals surface area (Å²) >= 11 is 0. The van der Waals surface area contributed by atoms with E-state index in [0.717, 1.165) is 43.1 Å². The molecule has 106 valence electrons. The Bertz CT molecular complexity index is 588. The number of nitrogens with zero attached hydrogens (tertiary/aromatic N) is 2. The molecule has 5 nitrogen and oxygen atoms in total. The number of rotatable bonds is 5. The smallest absolute Gasteiger partial charge is 0.170 e. The van der Waals surface area contributed by atoms with Gasteiger partial charge in [0.15, 0.2) is 12.6 Å². The number of hydrogen-bond acceptors (Lipinski definition) is 4. The fourth-order valence-corrected chi connectivity index (χ4v) is 2.52. The molecule has 1 fully saturated rings. The van der Waals surface area contributed by atoms with Crippen molar-refractivity contribution in [2.75, 3.05) is 13.2 Å². The second-order valence-corrected chi connectivity index (χ2v) is 4.91. The molecule has 1 atom stereocenters. The summed E-state index contributed by atoms with van der Waals surface area (Å²) in [7, 11) is 0. The van der Waals surface area contributed by atoms with E-state index in [0.29, 0.717) is 18.8 Å². The Morgan fingerprint density at radius 1 is 1.40 bits per heavy atom. The van der Waals surface area contributed by atoms with Gasteiger partial charge in [-0.3, -0.25) is 9.48 Å². The van der Waals surface area contributed by atoms with Crippen LogP contribution in [-0.4, -0.2) is 35.6 Å². The van der Waals surface area contributed by atoms with Crippen molar-refractivity contribution in [2.45, 2.75) is 32.1 Å². The van der Waals surface area contributed by atoms with E-state index < -0.39 is 0 Å². The zero-order valence-corrected chi connectivity index (χ0v) is 11.3. The lowest BCUT2D eigenvalue weighted by Crippen LogP contribution is -2.24. The van der Waals surface area contributed by atoms with Gasteiger partial charge in [-0.2, -0.15) is 5.10 Å². The molecule has 1 aromatic heterocycles. The topological polar surface area (TPSA) is 53.4 Å². The quantitative estimate of drug-likeness (QED) is 0.786. The summed E-state index contributed by atoms with van der Waals surface area (Å²) in [6.45, 7) is 1.94. The highest BCUT2D eigenvalue weighted by atomic mass is 16.7. The summed E-state index contributed by atoms with van der Waals surface area (Å²) in [6, 6.07) is 7.73. The first-order chi connectivity index (χ1) is 9.88. The van der Waals surface area contributed by atoms with Crippen LogP contribution in [0.1, 0.15) is 29.8 Å². The van der Waals surface area contributed by atoms with Crippen molar-refractivity contribution in [3.8, 4) is 0 Å². The van der Waals surface area contributed by atoms with Gasteiger partial charge in [0.05, 0.1) is 18.7 Å². The number of aromatic nitrogens is 2. The van der Waals surface area contributed by atoms with Crippen LogP contribution in [0.15, 0.2) is 24.3 Å². The van der Waals surface area contributed by atoms with Crippen LogP contribution in [0.25, 0.3) is 10.9 Å². The van der Waals surface area contributed by atoms with Crippen LogP contribution in [0.3, 0.4) is 0 Å². The van der Waals surface area contributed by atoms with Crippen LogP contribution in [0, 0.1) is 0 Å². The van der Waals surface area contributed by atoms with Crippen molar-refractivity contribution in [1.29, 1.82) is 0 Å². The zero-order chi connectivity index (χ0) is 13.8. The number of hydrogen-bond donors (Lipinski definition) is 0. The SMILES string of the molecule is O=Cc1nn(CCOC2CCCCO2)c2ccccc12. The van der Waals surface area contributed by atoms with Gasteiger partial charge in [-0.15, -0.1) is 0 Å². The molecule has 1 saturated heterocycles. The second kappa shape index (κ2) is 6.15. The third kappa shape index (κ3) is 2.73. The molecule has 1 aliphatic heterocycles. The monoisotopic (exact) mass is 274 g/mol. The van der Waals surface area contributed by atoms with Crippen molar-refractivity contribution in [2.24, 2.45) is 0 Å². The standard InChI is InChI=1S/C15H18N2O3/c18-11-13-12-5-1-2-6-14(12)17(16-13)8-10-20-15-7-3-4-9-19-15/h1-2,5-6,11,15H,3-4,7-10H2. The Morgan fingerprint density at radius 3 is 3.10 bits per heavy atom. The number of para-hydroxylation sites is 1. The molecule has 0 amide bonds. The number of carbonyl (C=O) groups is 1. The van der Waals surface area contributed by atoms with Gasteiger partial charge in [0.1, 0.15) is 5.69 Å². The van der Waals surface area contributed by atoms with Crippen LogP contribution < -0.4 is 0 Å².